The second-order valence-corrected chi connectivity index (χ2v) is 6.55. The molecule has 5 nitrogen and oxygen atoms in total. The molecule has 0 radical (unpaired) electrons. The summed E-state index contributed by atoms with van der Waals surface area (Å²) in [5.74, 6) is -2.26. The maximum atomic E-state index is 12.2. The highest BCUT2D eigenvalue weighted by molar-refractivity contribution is 9.10. The predicted molar refractivity (Wildman–Crippen MR) is 96.0 cm³/mol. The summed E-state index contributed by atoms with van der Waals surface area (Å²) in [6.07, 6.45) is 0. The van der Waals surface area contributed by atoms with Crippen molar-refractivity contribution >= 4 is 40.5 Å². The second-order valence-electron chi connectivity index (χ2n) is 5.01. The fraction of sp³-hybridized carbons (Fsp3) is 0.176. The molecule has 0 saturated heterocycles. The fourth-order valence-electron chi connectivity index (χ4n) is 2.28. The topological polar surface area (TPSA) is 83.8 Å². The van der Waals surface area contributed by atoms with Gasteiger partial charge in [-0.15, -0.1) is 0 Å². The number of halogens is 1. The molecular formula is C17H15BrO5S. The van der Waals surface area contributed by atoms with Gasteiger partial charge >= 0.3 is 11.9 Å². The van der Waals surface area contributed by atoms with Crippen LogP contribution in [0.3, 0.4) is 0 Å². The van der Waals surface area contributed by atoms with Crippen LogP contribution in [0.15, 0.2) is 60.7 Å². The van der Waals surface area contributed by atoms with Gasteiger partial charge in [0.1, 0.15) is 10.6 Å². The lowest BCUT2D eigenvalue weighted by Crippen LogP contribution is -2.54. The van der Waals surface area contributed by atoms with E-state index in [4.69, 9.17) is 4.74 Å². The molecule has 0 bridgehead atoms. The highest BCUT2D eigenvalue weighted by Gasteiger charge is 2.53. The Morgan fingerprint density at radius 2 is 1.50 bits per heavy atom. The van der Waals surface area contributed by atoms with Crippen LogP contribution < -0.4 is 4.74 Å². The molecule has 126 valence electrons. The van der Waals surface area contributed by atoms with Crippen LogP contribution in [0.1, 0.15) is 5.56 Å². The molecule has 0 heterocycles. The predicted octanol–water partition coefficient (Wildman–Crippen LogP) is 3.19. The quantitative estimate of drug-likeness (QED) is 0.482. The number of alkyl halides is 1. The Labute approximate surface area is 152 Å². The molecule has 0 amide bonds. The standard InChI is InChI=1S/C17H15BrO5S/c18-13(15(19)20)14(24)17(16(21)22,11-7-3-1-4-8-11)23-12-9-5-2-6-10-12/h1-10,13-14,24H,(H,19,20)(H,21,22)/t13?,14?,17-/m1/s1. The minimum Gasteiger partial charge on any atom is -0.480 e. The van der Waals surface area contributed by atoms with E-state index in [1.165, 1.54) is 0 Å². The lowest BCUT2D eigenvalue weighted by Gasteiger charge is -2.36. The zero-order valence-corrected chi connectivity index (χ0v) is 14.9. The average molecular weight is 411 g/mol. The van der Waals surface area contributed by atoms with E-state index < -0.39 is 27.6 Å². The van der Waals surface area contributed by atoms with Gasteiger partial charge in [-0.05, 0) is 12.1 Å². The Bertz CT molecular complexity index is 709. The van der Waals surface area contributed by atoms with Gasteiger partial charge in [-0.2, -0.15) is 12.6 Å². The van der Waals surface area contributed by atoms with Crippen LogP contribution in [0.25, 0.3) is 0 Å². The molecule has 2 N–H and O–H groups in total. The molecule has 0 aliphatic heterocycles. The van der Waals surface area contributed by atoms with Crippen molar-refractivity contribution in [2.24, 2.45) is 0 Å². The molecule has 0 saturated carbocycles. The lowest BCUT2D eigenvalue weighted by atomic mass is 9.88. The minimum absolute atomic E-state index is 0.298. The highest BCUT2D eigenvalue weighted by atomic mass is 79.9. The average Bonchev–Trinajstić information content (AvgIpc) is 2.59. The Hall–Kier alpha value is -1.99. The first-order valence-corrected chi connectivity index (χ1v) is 8.40. The van der Waals surface area contributed by atoms with Crippen molar-refractivity contribution in [3.05, 3.63) is 66.2 Å². The fourth-order valence-corrected chi connectivity index (χ4v) is 3.10. The number of hydrogen-bond donors (Lipinski definition) is 3. The van der Waals surface area contributed by atoms with E-state index in [1.807, 2.05) is 0 Å². The van der Waals surface area contributed by atoms with Gasteiger partial charge in [0.15, 0.2) is 0 Å². The van der Waals surface area contributed by atoms with Gasteiger partial charge in [-0.1, -0.05) is 64.5 Å². The summed E-state index contributed by atoms with van der Waals surface area (Å²) in [7, 11) is 0. The van der Waals surface area contributed by atoms with E-state index in [0.717, 1.165) is 0 Å². The SMILES string of the molecule is O=C(O)C(Br)C(S)[C@@](Oc1ccccc1)(C(=O)O)c1ccccc1. The maximum Gasteiger partial charge on any atom is 0.354 e. The third-order valence-electron chi connectivity index (χ3n) is 3.47. The number of hydrogen-bond acceptors (Lipinski definition) is 4. The summed E-state index contributed by atoms with van der Waals surface area (Å²) in [5.41, 5.74) is -1.69. The number of para-hydroxylation sites is 1. The number of carboxylic acids is 2. The molecule has 0 aliphatic carbocycles. The summed E-state index contributed by atoms with van der Waals surface area (Å²) in [4.78, 5) is 22.3. The first-order valence-electron chi connectivity index (χ1n) is 6.97. The van der Waals surface area contributed by atoms with Crippen LogP contribution in [0.5, 0.6) is 5.75 Å². The van der Waals surface area contributed by atoms with E-state index in [2.05, 4.69) is 28.6 Å². The maximum absolute atomic E-state index is 12.2. The van der Waals surface area contributed by atoms with Crippen molar-refractivity contribution < 1.29 is 24.5 Å². The van der Waals surface area contributed by atoms with Crippen LogP contribution in [0.4, 0.5) is 0 Å². The van der Waals surface area contributed by atoms with Gasteiger partial charge in [-0.3, -0.25) is 4.79 Å². The largest absolute Gasteiger partial charge is 0.480 e. The molecule has 2 rings (SSSR count). The molecule has 2 aromatic carbocycles. The van der Waals surface area contributed by atoms with E-state index in [0.29, 0.717) is 11.3 Å². The summed E-state index contributed by atoms with van der Waals surface area (Å²) in [6, 6.07) is 16.6. The molecule has 0 aliphatic rings. The van der Waals surface area contributed by atoms with Crippen molar-refractivity contribution in [3.63, 3.8) is 0 Å². The van der Waals surface area contributed by atoms with Gasteiger partial charge < -0.3 is 14.9 Å². The normalized spacial score (nSPS) is 15.8. The van der Waals surface area contributed by atoms with Crippen LogP contribution in [0.2, 0.25) is 0 Å². The summed E-state index contributed by atoms with van der Waals surface area (Å²) >= 11 is 7.30. The van der Waals surface area contributed by atoms with Crippen molar-refractivity contribution in [2.45, 2.75) is 15.7 Å². The van der Waals surface area contributed by atoms with E-state index in [1.54, 1.807) is 60.7 Å². The van der Waals surface area contributed by atoms with Crippen LogP contribution in [-0.2, 0) is 15.2 Å². The lowest BCUT2D eigenvalue weighted by molar-refractivity contribution is -0.157. The molecule has 24 heavy (non-hydrogen) atoms. The molecule has 2 aromatic rings. The summed E-state index contributed by atoms with van der Waals surface area (Å²) < 4.78 is 5.81. The summed E-state index contributed by atoms with van der Waals surface area (Å²) in [6.45, 7) is 0. The second kappa shape index (κ2) is 7.72. The van der Waals surface area contributed by atoms with Crippen LogP contribution >= 0.6 is 28.6 Å². The van der Waals surface area contributed by atoms with Crippen molar-refractivity contribution in [2.75, 3.05) is 0 Å². The first kappa shape index (κ1) is 18.4. The molecule has 0 fully saturated rings. The Balaban J connectivity index is 2.61. The molecule has 0 spiro atoms. The van der Waals surface area contributed by atoms with Gasteiger partial charge in [0.05, 0.1) is 5.25 Å². The van der Waals surface area contributed by atoms with Crippen LogP contribution in [0, 0.1) is 0 Å². The number of benzene rings is 2. The molecule has 7 heteroatoms. The molecular weight excluding hydrogens is 396 g/mol. The van der Waals surface area contributed by atoms with E-state index in [9.17, 15) is 19.8 Å². The smallest absolute Gasteiger partial charge is 0.354 e. The van der Waals surface area contributed by atoms with Gasteiger partial charge in [-0.25, -0.2) is 4.79 Å². The number of carbonyl (C=O) groups is 2. The van der Waals surface area contributed by atoms with Crippen molar-refractivity contribution in [3.8, 4) is 5.75 Å². The Morgan fingerprint density at radius 3 is 1.96 bits per heavy atom. The number of carboxylic acid groups (broad SMARTS) is 2. The third-order valence-corrected chi connectivity index (χ3v) is 5.46. The zero-order chi connectivity index (χ0) is 17.7. The zero-order valence-electron chi connectivity index (χ0n) is 12.4. The number of rotatable bonds is 7. The van der Waals surface area contributed by atoms with Gasteiger partial charge in [0, 0.05) is 5.56 Å². The number of thiol groups is 1. The number of aliphatic carboxylic acids is 2. The minimum atomic E-state index is -1.99. The van der Waals surface area contributed by atoms with E-state index >= 15 is 0 Å². The monoisotopic (exact) mass is 410 g/mol. The third kappa shape index (κ3) is 3.57. The highest BCUT2D eigenvalue weighted by Crippen LogP contribution is 2.38. The first-order chi connectivity index (χ1) is 11.4. The number of ether oxygens (including phenoxy) is 1. The summed E-state index contributed by atoms with van der Waals surface area (Å²) in [5, 5.41) is 18.0. The Morgan fingerprint density at radius 1 is 1.00 bits per heavy atom. The molecule has 0 aromatic heterocycles. The van der Waals surface area contributed by atoms with E-state index in [-0.39, 0.29) is 0 Å². The molecule has 2 unspecified atom stereocenters. The van der Waals surface area contributed by atoms with Crippen molar-refractivity contribution in [1.82, 2.24) is 0 Å². The van der Waals surface area contributed by atoms with Crippen molar-refractivity contribution in [1.29, 1.82) is 0 Å². The van der Waals surface area contributed by atoms with Gasteiger partial charge in [0.2, 0.25) is 5.60 Å². The van der Waals surface area contributed by atoms with Crippen LogP contribution in [-0.4, -0.2) is 32.2 Å². The Kier molecular flexibility index (Phi) is 5.90. The van der Waals surface area contributed by atoms with Gasteiger partial charge in [0.25, 0.3) is 0 Å². The molecule has 3 atom stereocenters.